The van der Waals surface area contributed by atoms with Gasteiger partial charge in [0.25, 0.3) is 0 Å². The average molecular weight is 290 g/mol. The summed E-state index contributed by atoms with van der Waals surface area (Å²) in [5, 5.41) is 3.48. The standard InChI is InChI=1S/C17H23FN2O/c18-15-5-3-14(4-6-15)11-16(21)20-10-2-8-17(13-20)7-1-9-19-12-17/h3-6,19H,1-2,7-13H2. The van der Waals surface area contributed by atoms with Crippen LogP contribution in [0.3, 0.4) is 0 Å². The highest BCUT2D eigenvalue weighted by atomic mass is 19.1. The molecule has 21 heavy (non-hydrogen) atoms. The molecule has 1 unspecified atom stereocenters. The van der Waals surface area contributed by atoms with Crippen LogP contribution >= 0.6 is 0 Å². The number of amides is 1. The van der Waals surface area contributed by atoms with Crippen molar-refractivity contribution in [3.8, 4) is 0 Å². The van der Waals surface area contributed by atoms with E-state index in [0.717, 1.165) is 38.2 Å². The lowest BCUT2D eigenvalue weighted by Gasteiger charge is -2.45. The number of hydrogen-bond acceptors (Lipinski definition) is 2. The second kappa shape index (κ2) is 6.14. The highest BCUT2D eigenvalue weighted by Crippen LogP contribution is 2.36. The molecule has 4 heteroatoms. The molecule has 3 nitrogen and oxygen atoms in total. The van der Waals surface area contributed by atoms with Crippen LogP contribution in [-0.4, -0.2) is 37.0 Å². The molecular weight excluding hydrogens is 267 g/mol. The van der Waals surface area contributed by atoms with Gasteiger partial charge in [0.1, 0.15) is 5.82 Å². The molecule has 2 heterocycles. The molecule has 1 aromatic carbocycles. The molecule has 0 bridgehead atoms. The number of carbonyl (C=O) groups excluding carboxylic acids is 1. The van der Waals surface area contributed by atoms with Crippen molar-refractivity contribution in [2.45, 2.75) is 32.1 Å². The maximum absolute atomic E-state index is 12.9. The zero-order chi connectivity index (χ0) is 14.7. The topological polar surface area (TPSA) is 32.3 Å². The van der Waals surface area contributed by atoms with E-state index in [9.17, 15) is 9.18 Å². The molecule has 2 aliphatic heterocycles. The molecule has 1 N–H and O–H groups in total. The van der Waals surface area contributed by atoms with E-state index in [1.165, 1.54) is 31.4 Å². The predicted octanol–water partition coefficient (Wildman–Crippen LogP) is 2.36. The van der Waals surface area contributed by atoms with E-state index in [1.54, 1.807) is 12.1 Å². The van der Waals surface area contributed by atoms with Gasteiger partial charge < -0.3 is 10.2 Å². The fraction of sp³-hybridized carbons (Fsp3) is 0.588. The molecule has 1 amide bonds. The van der Waals surface area contributed by atoms with E-state index in [-0.39, 0.29) is 17.1 Å². The van der Waals surface area contributed by atoms with Crippen molar-refractivity contribution in [3.63, 3.8) is 0 Å². The van der Waals surface area contributed by atoms with Gasteiger partial charge in [0, 0.05) is 25.0 Å². The molecule has 2 fully saturated rings. The molecule has 2 aliphatic rings. The number of piperidine rings is 2. The third kappa shape index (κ3) is 3.43. The Morgan fingerprint density at radius 3 is 2.71 bits per heavy atom. The molecule has 0 radical (unpaired) electrons. The maximum atomic E-state index is 12.9. The van der Waals surface area contributed by atoms with Crippen molar-refractivity contribution < 1.29 is 9.18 Å². The first-order valence-electron chi connectivity index (χ1n) is 7.90. The van der Waals surface area contributed by atoms with Gasteiger partial charge >= 0.3 is 0 Å². The van der Waals surface area contributed by atoms with Crippen LogP contribution in [0.2, 0.25) is 0 Å². The zero-order valence-corrected chi connectivity index (χ0v) is 12.4. The fourth-order valence-electron chi connectivity index (χ4n) is 3.69. The number of halogens is 1. The van der Waals surface area contributed by atoms with E-state index >= 15 is 0 Å². The minimum Gasteiger partial charge on any atom is -0.342 e. The second-order valence-electron chi connectivity index (χ2n) is 6.50. The summed E-state index contributed by atoms with van der Waals surface area (Å²) in [5.41, 5.74) is 1.18. The lowest BCUT2D eigenvalue weighted by molar-refractivity contribution is -0.134. The van der Waals surface area contributed by atoms with E-state index < -0.39 is 0 Å². The van der Waals surface area contributed by atoms with E-state index in [1.807, 2.05) is 4.90 Å². The number of nitrogens with one attached hydrogen (secondary N) is 1. The van der Waals surface area contributed by atoms with Crippen LogP contribution in [0.5, 0.6) is 0 Å². The number of carbonyl (C=O) groups is 1. The number of nitrogens with zero attached hydrogens (tertiary/aromatic N) is 1. The lowest BCUT2D eigenvalue weighted by Crippen LogP contribution is -2.52. The summed E-state index contributed by atoms with van der Waals surface area (Å²) in [7, 11) is 0. The van der Waals surface area contributed by atoms with Gasteiger partial charge in [-0.2, -0.15) is 0 Å². The number of likely N-dealkylation sites (tertiary alicyclic amines) is 1. The van der Waals surface area contributed by atoms with Gasteiger partial charge in [0.2, 0.25) is 5.91 Å². The van der Waals surface area contributed by atoms with Crippen LogP contribution in [-0.2, 0) is 11.2 Å². The molecule has 0 aliphatic carbocycles. The van der Waals surface area contributed by atoms with Gasteiger partial charge in [-0.05, 0) is 49.9 Å². The highest BCUT2D eigenvalue weighted by Gasteiger charge is 2.37. The fourth-order valence-corrected chi connectivity index (χ4v) is 3.69. The smallest absolute Gasteiger partial charge is 0.227 e. The van der Waals surface area contributed by atoms with Crippen LogP contribution in [0.4, 0.5) is 4.39 Å². The summed E-state index contributed by atoms with van der Waals surface area (Å²) < 4.78 is 12.9. The Kier molecular flexibility index (Phi) is 4.24. The lowest BCUT2D eigenvalue weighted by atomic mass is 9.74. The summed E-state index contributed by atoms with van der Waals surface area (Å²) in [6.45, 7) is 3.88. The van der Waals surface area contributed by atoms with E-state index in [0.29, 0.717) is 6.42 Å². The van der Waals surface area contributed by atoms with Crippen molar-refractivity contribution in [2.24, 2.45) is 5.41 Å². The molecule has 114 valence electrons. The third-order valence-corrected chi connectivity index (χ3v) is 4.84. The van der Waals surface area contributed by atoms with Crippen molar-refractivity contribution >= 4 is 5.91 Å². The summed E-state index contributed by atoms with van der Waals surface area (Å²) in [5.74, 6) is -0.0809. The van der Waals surface area contributed by atoms with Crippen LogP contribution in [0.15, 0.2) is 24.3 Å². The molecule has 0 aromatic heterocycles. The largest absolute Gasteiger partial charge is 0.342 e. The Bertz CT molecular complexity index is 489. The summed E-state index contributed by atoms with van der Waals surface area (Å²) >= 11 is 0. The monoisotopic (exact) mass is 290 g/mol. The van der Waals surface area contributed by atoms with Crippen molar-refractivity contribution in [2.75, 3.05) is 26.2 Å². The van der Waals surface area contributed by atoms with Crippen LogP contribution in [0.1, 0.15) is 31.2 Å². The summed E-state index contributed by atoms with van der Waals surface area (Å²) in [4.78, 5) is 14.5. The van der Waals surface area contributed by atoms with Crippen LogP contribution in [0, 0.1) is 11.2 Å². The van der Waals surface area contributed by atoms with Gasteiger partial charge in [0.05, 0.1) is 6.42 Å². The van der Waals surface area contributed by atoms with E-state index in [2.05, 4.69) is 5.32 Å². The van der Waals surface area contributed by atoms with E-state index in [4.69, 9.17) is 0 Å². The number of rotatable bonds is 2. The highest BCUT2D eigenvalue weighted by molar-refractivity contribution is 5.79. The van der Waals surface area contributed by atoms with Crippen molar-refractivity contribution in [1.29, 1.82) is 0 Å². The molecule has 0 saturated carbocycles. The summed E-state index contributed by atoms with van der Waals surface area (Å²) in [6, 6.07) is 6.25. The molecule has 1 atom stereocenters. The quantitative estimate of drug-likeness (QED) is 0.907. The first-order chi connectivity index (χ1) is 10.2. The molecular formula is C17H23FN2O. The molecule has 1 aromatic rings. The SMILES string of the molecule is O=C(Cc1ccc(F)cc1)N1CCCC2(CCCNC2)C1. The Hall–Kier alpha value is -1.42. The minimum atomic E-state index is -0.253. The third-order valence-electron chi connectivity index (χ3n) is 4.84. The zero-order valence-electron chi connectivity index (χ0n) is 12.4. The summed E-state index contributed by atoms with van der Waals surface area (Å²) in [6.07, 6.45) is 5.13. The molecule has 1 spiro atoms. The Morgan fingerprint density at radius 1 is 1.24 bits per heavy atom. The first-order valence-corrected chi connectivity index (χ1v) is 7.90. The van der Waals surface area contributed by atoms with Gasteiger partial charge in [-0.15, -0.1) is 0 Å². The first kappa shape index (κ1) is 14.5. The second-order valence-corrected chi connectivity index (χ2v) is 6.50. The van der Waals surface area contributed by atoms with Crippen molar-refractivity contribution in [1.82, 2.24) is 10.2 Å². The molecule has 2 saturated heterocycles. The average Bonchev–Trinajstić information content (AvgIpc) is 2.50. The van der Waals surface area contributed by atoms with Crippen LogP contribution in [0.25, 0.3) is 0 Å². The Balaban J connectivity index is 1.62. The van der Waals surface area contributed by atoms with Crippen molar-refractivity contribution in [3.05, 3.63) is 35.6 Å². The maximum Gasteiger partial charge on any atom is 0.227 e. The van der Waals surface area contributed by atoms with Gasteiger partial charge in [-0.1, -0.05) is 12.1 Å². The Morgan fingerprint density at radius 2 is 2.00 bits per heavy atom. The van der Waals surface area contributed by atoms with Crippen LogP contribution < -0.4 is 5.32 Å². The van der Waals surface area contributed by atoms with Gasteiger partial charge in [-0.3, -0.25) is 4.79 Å². The predicted molar refractivity (Wildman–Crippen MR) is 80.5 cm³/mol. The van der Waals surface area contributed by atoms with Gasteiger partial charge in [0.15, 0.2) is 0 Å². The number of benzene rings is 1. The Labute approximate surface area is 125 Å². The normalized spacial score (nSPS) is 26.0. The molecule has 3 rings (SSSR count). The van der Waals surface area contributed by atoms with Gasteiger partial charge in [-0.25, -0.2) is 4.39 Å². The minimum absolute atomic E-state index is 0.172. The number of hydrogen-bond donors (Lipinski definition) is 1.